The van der Waals surface area contributed by atoms with Crippen molar-refractivity contribution in [3.8, 4) is 0 Å². The summed E-state index contributed by atoms with van der Waals surface area (Å²) in [5, 5.41) is 0. The lowest BCUT2D eigenvalue weighted by atomic mass is 10.2. The third kappa shape index (κ3) is 3.37. The third-order valence-corrected chi connectivity index (χ3v) is 1.61. The van der Waals surface area contributed by atoms with Crippen molar-refractivity contribution >= 4 is 5.91 Å². The summed E-state index contributed by atoms with van der Waals surface area (Å²) < 4.78 is 0. The zero-order valence-electron chi connectivity index (χ0n) is 8.13. The van der Waals surface area contributed by atoms with E-state index in [0.717, 1.165) is 18.5 Å². The Balaban J connectivity index is 4.18. The lowest BCUT2D eigenvalue weighted by Crippen LogP contribution is -2.27. The van der Waals surface area contributed by atoms with E-state index in [-0.39, 0.29) is 5.91 Å². The highest BCUT2D eigenvalue weighted by Crippen LogP contribution is 1.99. The molecule has 1 amide bonds. The van der Waals surface area contributed by atoms with Crippen LogP contribution in [-0.4, -0.2) is 24.4 Å². The number of hydrogen-bond donors (Lipinski definition) is 0. The molecule has 0 saturated carbocycles. The minimum Gasteiger partial charge on any atom is -0.342 e. The minimum atomic E-state index is 0.0803. The molecule has 0 bridgehead atoms. The van der Waals surface area contributed by atoms with Gasteiger partial charge in [-0.15, -0.1) is 0 Å². The van der Waals surface area contributed by atoms with E-state index < -0.39 is 0 Å². The molecule has 0 aromatic heterocycles. The van der Waals surface area contributed by atoms with Crippen molar-refractivity contribution in [1.29, 1.82) is 0 Å². The Morgan fingerprint density at radius 2 is 2.17 bits per heavy atom. The number of carbonyl (C=O) groups is 1. The molecule has 0 radical (unpaired) electrons. The molecule has 68 valence electrons. The number of nitrogens with zero attached hydrogens (tertiary/aromatic N) is 1. The summed E-state index contributed by atoms with van der Waals surface area (Å²) in [6.07, 6.45) is 4.35. The highest BCUT2D eigenvalue weighted by molar-refractivity contribution is 5.92. The van der Waals surface area contributed by atoms with Crippen molar-refractivity contribution in [2.75, 3.05) is 13.6 Å². The van der Waals surface area contributed by atoms with Gasteiger partial charge in [0.25, 0.3) is 0 Å². The van der Waals surface area contributed by atoms with Gasteiger partial charge in [0.1, 0.15) is 0 Å². The second-order valence-corrected chi connectivity index (χ2v) is 2.81. The van der Waals surface area contributed by atoms with Crippen LogP contribution in [0.1, 0.15) is 20.3 Å². The van der Waals surface area contributed by atoms with Crippen LogP contribution >= 0.6 is 0 Å². The van der Waals surface area contributed by atoms with Gasteiger partial charge in [-0.05, 0) is 13.3 Å². The molecule has 0 unspecified atom stereocenters. The Kier molecular flexibility index (Phi) is 5.09. The quantitative estimate of drug-likeness (QED) is 0.463. The average Bonchev–Trinajstić information content (AvgIpc) is 2.04. The predicted octanol–water partition coefficient (Wildman–Crippen LogP) is 1.99. The van der Waals surface area contributed by atoms with E-state index in [1.54, 1.807) is 24.0 Å². The van der Waals surface area contributed by atoms with E-state index in [4.69, 9.17) is 0 Å². The first-order valence-corrected chi connectivity index (χ1v) is 4.18. The molecule has 0 saturated heterocycles. The number of rotatable bonds is 4. The van der Waals surface area contributed by atoms with Crippen LogP contribution in [0, 0.1) is 0 Å². The highest BCUT2D eigenvalue weighted by atomic mass is 16.2. The molecular weight excluding hydrogens is 150 g/mol. The lowest BCUT2D eigenvalue weighted by Gasteiger charge is -2.15. The van der Waals surface area contributed by atoms with Crippen LogP contribution in [0.3, 0.4) is 0 Å². The molecule has 0 rings (SSSR count). The molecule has 0 atom stereocenters. The number of carbonyl (C=O) groups excluding carboxylic acids is 1. The average molecular weight is 167 g/mol. The SMILES string of the molecule is C=CC=C(C)C(=O)N(C)CCC. The highest BCUT2D eigenvalue weighted by Gasteiger charge is 2.07. The van der Waals surface area contributed by atoms with Gasteiger partial charge in [0.15, 0.2) is 0 Å². The lowest BCUT2D eigenvalue weighted by molar-refractivity contribution is -0.125. The number of likely N-dealkylation sites (N-methyl/N-ethyl adjacent to an activating group) is 1. The van der Waals surface area contributed by atoms with E-state index in [1.807, 2.05) is 7.05 Å². The van der Waals surface area contributed by atoms with Gasteiger partial charge >= 0.3 is 0 Å². The summed E-state index contributed by atoms with van der Waals surface area (Å²) in [7, 11) is 1.81. The number of hydrogen-bond acceptors (Lipinski definition) is 1. The molecule has 0 heterocycles. The zero-order valence-corrected chi connectivity index (χ0v) is 8.13. The van der Waals surface area contributed by atoms with Crippen LogP contribution in [0.4, 0.5) is 0 Å². The summed E-state index contributed by atoms with van der Waals surface area (Å²) in [5.74, 6) is 0.0803. The van der Waals surface area contributed by atoms with Gasteiger partial charge in [0, 0.05) is 19.2 Å². The van der Waals surface area contributed by atoms with Gasteiger partial charge in [-0.25, -0.2) is 0 Å². The standard InChI is InChI=1S/C10H17NO/c1-5-7-9(3)10(12)11(4)8-6-2/h5,7H,1,6,8H2,2-4H3. The Morgan fingerprint density at radius 3 is 2.58 bits per heavy atom. The number of allylic oxidation sites excluding steroid dienone is 2. The monoisotopic (exact) mass is 167 g/mol. The molecule has 0 spiro atoms. The maximum Gasteiger partial charge on any atom is 0.249 e. The van der Waals surface area contributed by atoms with Crippen molar-refractivity contribution in [1.82, 2.24) is 4.90 Å². The van der Waals surface area contributed by atoms with Crippen LogP contribution in [0.15, 0.2) is 24.3 Å². The second kappa shape index (κ2) is 5.58. The van der Waals surface area contributed by atoms with E-state index in [9.17, 15) is 4.79 Å². The summed E-state index contributed by atoms with van der Waals surface area (Å²) in [6.45, 7) is 8.20. The van der Waals surface area contributed by atoms with Gasteiger partial charge in [-0.3, -0.25) is 4.79 Å². The maximum absolute atomic E-state index is 11.4. The van der Waals surface area contributed by atoms with Gasteiger partial charge in [0.2, 0.25) is 5.91 Å². The van der Waals surface area contributed by atoms with Gasteiger partial charge in [0.05, 0.1) is 0 Å². The molecule has 0 aliphatic heterocycles. The Morgan fingerprint density at radius 1 is 1.58 bits per heavy atom. The topological polar surface area (TPSA) is 20.3 Å². The van der Waals surface area contributed by atoms with Crippen molar-refractivity contribution in [3.63, 3.8) is 0 Å². The fourth-order valence-electron chi connectivity index (χ4n) is 0.986. The molecule has 12 heavy (non-hydrogen) atoms. The summed E-state index contributed by atoms with van der Waals surface area (Å²) in [4.78, 5) is 13.2. The van der Waals surface area contributed by atoms with E-state index in [0.29, 0.717) is 0 Å². The molecule has 0 fully saturated rings. The normalized spacial score (nSPS) is 11.1. The first-order valence-electron chi connectivity index (χ1n) is 4.18. The molecule has 0 N–H and O–H groups in total. The Hall–Kier alpha value is -1.05. The van der Waals surface area contributed by atoms with E-state index in [2.05, 4.69) is 13.5 Å². The maximum atomic E-state index is 11.4. The number of amides is 1. The van der Waals surface area contributed by atoms with Crippen LogP contribution in [0.25, 0.3) is 0 Å². The van der Waals surface area contributed by atoms with E-state index in [1.165, 1.54) is 0 Å². The van der Waals surface area contributed by atoms with Crippen molar-refractivity contribution in [2.24, 2.45) is 0 Å². The van der Waals surface area contributed by atoms with Crippen LogP contribution < -0.4 is 0 Å². The Labute approximate surface area is 74.6 Å². The van der Waals surface area contributed by atoms with Crippen LogP contribution in [-0.2, 0) is 4.79 Å². The smallest absolute Gasteiger partial charge is 0.249 e. The molecule has 0 aliphatic rings. The molecule has 0 aromatic carbocycles. The summed E-state index contributed by atoms with van der Waals surface area (Å²) >= 11 is 0. The summed E-state index contributed by atoms with van der Waals surface area (Å²) in [6, 6.07) is 0. The summed E-state index contributed by atoms with van der Waals surface area (Å²) in [5.41, 5.74) is 0.737. The Bertz CT molecular complexity index is 194. The largest absolute Gasteiger partial charge is 0.342 e. The second-order valence-electron chi connectivity index (χ2n) is 2.81. The molecule has 0 aromatic rings. The van der Waals surface area contributed by atoms with Gasteiger partial charge in [-0.1, -0.05) is 25.7 Å². The first kappa shape index (κ1) is 11.0. The fraction of sp³-hybridized carbons (Fsp3) is 0.500. The van der Waals surface area contributed by atoms with Crippen molar-refractivity contribution < 1.29 is 4.79 Å². The molecule has 0 aliphatic carbocycles. The van der Waals surface area contributed by atoms with Crippen molar-refractivity contribution in [2.45, 2.75) is 20.3 Å². The molecule has 2 heteroatoms. The molecular formula is C10H17NO. The first-order chi connectivity index (χ1) is 5.63. The van der Waals surface area contributed by atoms with Crippen LogP contribution in [0.5, 0.6) is 0 Å². The fourth-order valence-corrected chi connectivity index (χ4v) is 0.986. The van der Waals surface area contributed by atoms with E-state index >= 15 is 0 Å². The predicted molar refractivity (Wildman–Crippen MR) is 51.9 cm³/mol. The minimum absolute atomic E-state index is 0.0803. The zero-order chi connectivity index (χ0) is 9.56. The van der Waals surface area contributed by atoms with Gasteiger partial charge in [-0.2, -0.15) is 0 Å². The molecule has 2 nitrogen and oxygen atoms in total. The van der Waals surface area contributed by atoms with Crippen molar-refractivity contribution in [3.05, 3.63) is 24.3 Å². The van der Waals surface area contributed by atoms with Crippen LogP contribution in [0.2, 0.25) is 0 Å². The third-order valence-electron chi connectivity index (χ3n) is 1.61. The van der Waals surface area contributed by atoms with Gasteiger partial charge < -0.3 is 4.90 Å².